The van der Waals surface area contributed by atoms with Crippen LogP contribution in [-0.4, -0.2) is 33.7 Å². The summed E-state index contributed by atoms with van der Waals surface area (Å²) in [6, 6.07) is 7.84. The third-order valence-corrected chi connectivity index (χ3v) is 3.45. The van der Waals surface area contributed by atoms with Gasteiger partial charge in [0.15, 0.2) is 6.61 Å². The van der Waals surface area contributed by atoms with Gasteiger partial charge in [0.05, 0.1) is 21.0 Å². The Bertz CT molecular complexity index is 841. The molecule has 0 aliphatic heterocycles. The van der Waals surface area contributed by atoms with E-state index in [0.29, 0.717) is 11.8 Å². The van der Waals surface area contributed by atoms with E-state index in [-0.39, 0.29) is 6.61 Å². The average Bonchev–Trinajstić information content (AvgIpc) is 2.54. The van der Waals surface area contributed by atoms with Gasteiger partial charge in [-0.05, 0) is 46.6 Å². The minimum absolute atomic E-state index is 0.318. The van der Waals surface area contributed by atoms with Gasteiger partial charge in [0.25, 0.3) is 5.69 Å². The van der Waals surface area contributed by atoms with E-state index < -0.39 is 33.9 Å². The van der Waals surface area contributed by atoms with Crippen LogP contribution in [0.15, 0.2) is 40.9 Å². The molecule has 2 rings (SSSR count). The Kier molecular flexibility index (Phi) is 7.66. The second kappa shape index (κ2) is 9.47. The lowest BCUT2D eigenvalue weighted by atomic mass is 10.2. The van der Waals surface area contributed by atoms with Crippen molar-refractivity contribution in [3.63, 3.8) is 0 Å². The molecule has 0 atom stereocenters. The van der Waals surface area contributed by atoms with Gasteiger partial charge in [-0.3, -0.25) is 10.1 Å². The summed E-state index contributed by atoms with van der Waals surface area (Å²) in [5.41, 5.74) is 0.0441. The highest BCUT2D eigenvalue weighted by molar-refractivity contribution is 9.10. The number of aromatic carboxylic acids is 1. The van der Waals surface area contributed by atoms with Crippen molar-refractivity contribution in [3.8, 4) is 5.75 Å². The number of halogens is 2. The normalized spacial score (nSPS) is 9.65. The zero-order chi connectivity index (χ0) is 19.9. The smallest absolute Gasteiger partial charge is 0.341 e. The number of carboxylic acids is 2. The molecule has 0 amide bonds. The third-order valence-electron chi connectivity index (χ3n) is 2.83. The van der Waals surface area contributed by atoms with Gasteiger partial charge in [-0.1, -0.05) is 6.07 Å². The van der Waals surface area contributed by atoms with Crippen LogP contribution >= 0.6 is 15.9 Å². The number of nitro benzene ring substituents is 1. The molecule has 0 fully saturated rings. The van der Waals surface area contributed by atoms with E-state index in [2.05, 4.69) is 15.9 Å². The van der Waals surface area contributed by atoms with E-state index >= 15 is 0 Å². The summed E-state index contributed by atoms with van der Waals surface area (Å²) < 4.78 is 18.6. The van der Waals surface area contributed by atoms with Crippen LogP contribution in [0.25, 0.3) is 0 Å². The highest BCUT2D eigenvalue weighted by Gasteiger charge is 2.14. The molecule has 0 saturated heterocycles. The fourth-order valence-electron chi connectivity index (χ4n) is 1.65. The van der Waals surface area contributed by atoms with Gasteiger partial charge in [0.1, 0.15) is 11.6 Å². The lowest BCUT2D eigenvalue weighted by Gasteiger charge is -2.05. The molecule has 2 aromatic rings. The summed E-state index contributed by atoms with van der Waals surface area (Å²) in [6.07, 6.45) is 0. The highest BCUT2D eigenvalue weighted by atomic mass is 79.9. The lowest BCUT2D eigenvalue weighted by Crippen LogP contribution is -2.09. The third kappa shape index (κ3) is 6.48. The molecule has 0 unspecified atom stereocenters. The Morgan fingerprint density at radius 1 is 1.23 bits per heavy atom. The van der Waals surface area contributed by atoms with Gasteiger partial charge in [-0.15, -0.1) is 0 Å². The van der Waals surface area contributed by atoms with Crippen LogP contribution in [0.4, 0.5) is 10.1 Å². The first-order valence-corrected chi connectivity index (χ1v) is 7.69. The summed E-state index contributed by atoms with van der Waals surface area (Å²) >= 11 is 3.28. The van der Waals surface area contributed by atoms with Gasteiger partial charge in [0.2, 0.25) is 0 Å². The first-order valence-electron chi connectivity index (χ1n) is 6.89. The Morgan fingerprint density at radius 3 is 2.35 bits per heavy atom. The monoisotopic (exact) mass is 429 g/mol. The van der Waals surface area contributed by atoms with Crippen LogP contribution in [0.3, 0.4) is 0 Å². The second-order valence-corrected chi connectivity index (χ2v) is 5.70. The number of aryl methyl sites for hydroxylation is 1. The lowest BCUT2D eigenvalue weighted by molar-refractivity contribution is -0.385. The molecule has 2 N–H and O–H groups in total. The van der Waals surface area contributed by atoms with Gasteiger partial charge in [0, 0.05) is 6.07 Å². The zero-order valence-electron chi connectivity index (χ0n) is 13.3. The number of non-ortho nitro benzene ring substituents is 1. The maximum Gasteiger partial charge on any atom is 0.341 e. The predicted molar refractivity (Wildman–Crippen MR) is 92.0 cm³/mol. The second-order valence-electron chi connectivity index (χ2n) is 4.84. The highest BCUT2D eigenvalue weighted by Crippen LogP contribution is 2.25. The number of hydrogen-bond donors (Lipinski definition) is 2. The summed E-state index contributed by atoms with van der Waals surface area (Å²) in [4.78, 5) is 29.8. The molecule has 8 nitrogen and oxygen atoms in total. The molecule has 0 radical (unpaired) electrons. The Morgan fingerprint density at radius 2 is 1.88 bits per heavy atom. The number of benzene rings is 2. The number of hydrogen-bond acceptors (Lipinski definition) is 5. The van der Waals surface area contributed by atoms with Gasteiger partial charge < -0.3 is 14.9 Å². The van der Waals surface area contributed by atoms with E-state index in [1.165, 1.54) is 0 Å². The van der Waals surface area contributed by atoms with Crippen molar-refractivity contribution in [1.29, 1.82) is 0 Å². The zero-order valence-corrected chi connectivity index (χ0v) is 14.9. The SMILES string of the molecule is Cc1ccc(OCC(=O)O)c(Br)c1.O=C(O)c1ccc([N+](=O)[O-])cc1F. The molecule has 26 heavy (non-hydrogen) atoms. The number of aliphatic carboxylic acids is 1. The van der Waals surface area contributed by atoms with Crippen molar-refractivity contribution in [2.75, 3.05) is 6.61 Å². The molecule has 0 aromatic heterocycles. The van der Waals surface area contributed by atoms with Crippen molar-refractivity contribution in [1.82, 2.24) is 0 Å². The number of ether oxygens (including phenoxy) is 1. The van der Waals surface area contributed by atoms with Gasteiger partial charge in [-0.2, -0.15) is 0 Å². The van der Waals surface area contributed by atoms with Crippen molar-refractivity contribution in [3.05, 3.63) is 67.9 Å². The largest absolute Gasteiger partial charge is 0.481 e. The molecule has 10 heteroatoms. The maximum atomic E-state index is 12.8. The molecular weight excluding hydrogens is 417 g/mol. The topological polar surface area (TPSA) is 127 Å². The number of carbonyl (C=O) groups is 2. The molecule has 2 aromatic carbocycles. The summed E-state index contributed by atoms with van der Waals surface area (Å²) in [6.45, 7) is 1.63. The van der Waals surface area contributed by atoms with Crippen LogP contribution < -0.4 is 4.74 Å². The predicted octanol–water partition coefficient (Wildman–Crippen LogP) is 3.65. The summed E-state index contributed by atoms with van der Waals surface area (Å²) in [5, 5.41) is 26.9. The van der Waals surface area contributed by atoms with Crippen LogP contribution in [0, 0.1) is 22.9 Å². The van der Waals surface area contributed by atoms with Crippen LogP contribution in [0.2, 0.25) is 0 Å². The standard InChI is InChI=1S/C9H9BrO3.C7H4FNO4/c1-6-2-3-8(7(10)4-6)13-5-9(11)12;8-6-3-4(9(12)13)1-2-5(6)7(10)11/h2-4H,5H2,1H3,(H,11,12);1-3H,(H,10,11). The molecule has 0 bridgehead atoms. The maximum absolute atomic E-state index is 12.8. The Hall–Kier alpha value is -3.01. The summed E-state index contributed by atoms with van der Waals surface area (Å²) in [7, 11) is 0. The Balaban J connectivity index is 0.000000260. The fourth-order valence-corrected chi connectivity index (χ4v) is 2.26. The molecule has 0 aliphatic rings. The minimum Gasteiger partial charge on any atom is -0.481 e. The summed E-state index contributed by atoms with van der Waals surface area (Å²) in [5.74, 6) is -2.99. The number of nitrogens with zero attached hydrogens (tertiary/aromatic N) is 1. The Labute approximate surface area is 155 Å². The number of nitro groups is 1. The van der Waals surface area contributed by atoms with Gasteiger partial charge in [-0.25, -0.2) is 14.0 Å². The van der Waals surface area contributed by atoms with Crippen LogP contribution in [0.1, 0.15) is 15.9 Å². The molecular formula is C16H13BrFNO7. The van der Waals surface area contributed by atoms with E-state index in [9.17, 15) is 24.1 Å². The molecule has 138 valence electrons. The van der Waals surface area contributed by atoms with Crippen molar-refractivity contribution >= 4 is 33.6 Å². The van der Waals surface area contributed by atoms with Crippen LogP contribution in [0.5, 0.6) is 5.75 Å². The van der Waals surface area contributed by atoms with E-state index in [0.717, 1.165) is 22.2 Å². The first kappa shape index (κ1) is 21.0. The quantitative estimate of drug-likeness (QED) is 0.548. The van der Waals surface area contributed by atoms with Gasteiger partial charge >= 0.3 is 11.9 Å². The number of rotatable bonds is 5. The average molecular weight is 430 g/mol. The fraction of sp³-hybridized carbons (Fsp3) is 0.125. The van der Waals surface area contributed by atoms with E-state index in [4.69, 9.17) is 14.9 Å². The van der Waals surface area contributed by atoms with E-state index in [1.54, 1.807) is 6.07 Å². The van der Waals surface area contributed by atoms with E-state index in [1.807, 2.05) is 19.1 Å². The van der Waals surface area contributed by atoms with Crippen molar-refractivity contribution < 1.29 is 33.9 Å². The first-order chi connectivity index (χ1) is 12.1. The molecule has 0 spiro atoms. The van der Waals surface area contributed by atoms with Crippen molar-refractivity contribution in [2.45, 2.75) is 6.92 Å². The molecule has 0 aliphatic carbocycles. The van der Waals surface area contributed by atoms with Crippen molar-refractivity contribution in [2.24, 2.45) is 0 Å². The molecule has 0 saturated carbocycles. The number of carboxylic acid groups (broad SMARTS) is 2. The molecule has 0 heterocycles. The minimum atomic E-state index is -1.45. The van der Waals surface area contributed by atoms with Crippen LogP contribution in [-0.2, 0) is 4.79 Å².